The molecule has 5 rings (SSSR count). The van der Waals surface area contributed by atoms with Crippen LogP contribution in [0.25, 0.3) is 11.1 Å². The highest BCUT2D eigenvalue weighted by Crippen LogP contribution is 2.31. The molecule has 1 N–H and O–H groups in total. The van der Waals surface area contributed by atoms with E-state index in [0.717, 1.165) is 48.2 Å². The first-order chi connectivity index (χ1) is 18.5. The van der Waals surface area contributed by atoms with Crippen LogP contribution in [0.3, 0.4) is 0 Å². The molecule has 0 spiro atoms. The number of hydrogen-bond acceptors (Lipinski definition) is 5. The second kappa shape index (κ2) is 11.7. The summed E-state index contributed by atoms with van der Waals surface area (Å²) < 4.78 is 4.83. The number of fused-ring (bicyclic) bond motifs is 1. The molecule has 38 heavy (non-hydrogen) atoms. The van der Waals surface area contributed by atoms with E-state index in [2.05, 4.69) is 52.3 Å². The number of aliphatic hydroxyl groups excluding tert-OH is 1. The number of aromatic nitrogens is 1. The SMILES string of the molecule is COC(=O)c1ccc(-c2ccc3c(c2)C[C@@H](N(Cc2ccccc2)C[C@H](O)c2ccc(C)nc2)CC3)cc1. The average molecular weight is 507 g/mol. The minimum atomic E-state index is -0.604. The first-order valence-corrected chi connectivity index (χ1v) is 13.2. The van der Waals surface area contributed by atoms with Crippen LogP contribution >= 0.6 is 0 Å². The van der Waals surface area contributed by atoms with Crippen molar-refractivity contribution >= 4 is 5.97 Å². The number of aliphatic hydroxyl groups is 1. The molecule has 1 heterocycles. The van der Waals surface area contributed by atoms with Crippen LogP contribution < -0.4 is 0 Å². The summed E-state index contributed by atoms with van der Waals surface area (Å²) in [5, 5.41) is 11.1. The molecule has 0 aliphatic heterocycles. The fourth-order valence-corrected chi connectivity index (χ4v) is 5.31. The maximum Gasteiger partial charge on any atom is 0.337 e. The summed E-state index contributed by atoms with van der Waals surface area (Å²) in [5.74, 6) is -0.327. The van der Waals surface area contributed by atoms with E-state index < -0.39 is 6.10 Å². The van der Waals surface area contributed by atoms with Crippen molar-refractivity contribution in [1.82, 2.24) is 9.88 Å². The number of esters is 1. The van der Waals surface area contributed by atoms with Crippen molar-refractivity contribution in [2.24, 2.45) is 0 Å². The van der Waals surface area contributed by atoms with Gasteiger partial charge in [0.1, 0.15) is 0 Å². The molecule has 4 aromatic rings. The Labute approximate surface area is 224 Å². The topological polar surface area (TPSA) is 62.7 Å². The number of hydrogen-bond donors (Lipinski definition) is 1. The number of nitrogens with zero attached hydrogens (tertiary/aromatic N) is 2. The number of pyridine rings is 1. The maximum atomic E-state index is 11.8. The molecule has 0 radical (unpaired) electrons. The number of aryl methyl sites for hydroxylation is 2. The van der Waals surface area contributed by atoms with E-state index in [1.165, 1.54) is 23.8 Å². The van der Waals surface area contributed by atoms with Gasteiger partial charge in [0.25, 0.3) is 0 Å². The van der Waals surface area contributed by atoms with Crippen molar-refractivity contribution in [1.29, 1.82) is 0 Å². The number of carbonyl (C=O) groups excluding carboxylic acids is 1. The Kier molecular flexibility index (Phi) is 7.97. The van der Waals surface area contributed by atoms with Gasteiger partial charge in [-0.05, 0) is 72.2 Å². The molecule has 0 amide bonds. The molecule has 0 saturated heterocycles. The lowest BCUT2D eigenvalue weighted by molar-refractivity contribution is 0.0600. The van der Waals surface area contributed by atoms with Crippen molar-refractivity contribution in [3.05, 3.63) is 125 Å². The molecule has 194 valence electrons. The second-order valence-electron chi connectivity index (χ2n) is 10.1. The Morgan fingerprint density at radius 1 is 1.00 bits per heavy atom. The molecule has 5 heteroatoms. The number of ether oxygens (including phenoxy) is 1. The predicted octanol–water partition coefficient (Wildman–Crippen LogP) is 5.94. The zero-order valence-electron chi connectivity index (χ0n) is 22.0. The normalized spacial score (nSPS) is 15.6. The molecule has 5 nitrogen and oxygen atoms in total. The fourth-order valence-electron chi connectivity index (χ4n) is 5.31. The van der Waals surface area contributed by atoms with Crippen molar-refractivity contribution in [3.8, 4) is 11.1 Å². The Morgan fingerprint density at radius 2 is 1.76 bits per heavy atom. The van der Waals surface area contributed by atoms with Crippen LogP contribution in [0.2, 0.25) is 0 Å². The first-order valence-electron chi connectivity index (χ1n) is 13.2. The Balaban J connectivity index is 1.37. The van der Waals surface area contributed by atoms with Gasteiger partial charge in [0.2, 0.25) is 0 Å². The first kappa shape index (κ1) is 25.8. The third-order valence-electron chi connectivity index (χ3n) is 7.52. The molecule has 1 aromatic heterocycles. The molecule has 1 aliphatic rings. The minimum absolute atomic E-state index is 0.313. The molecule has 0 bridgehead atoms. The van der Waals surface area contributed by atoms with Crippen LogP contribution in [0.15, 0.2) is 91.1 Å². The summed E-state index contributed by atoms with van der Waals surface area (Å²) in [6.07, 6.45) is 4.16. The summed E-state index contributed by atoms with van der Waals surface area (Å²) in [6, 6.07) is 29.0. The molecule has 1 aliphatic carbocycles. The largest absolute Gasteiger partial charge is 0.465 e. The van der Waals surface area contributed by atoms with Crippen molar-refractivity contribution < 1.29 is 14.6 Å². The number of rotatable bonds is 8. The standard InChI is InChI=1S/C33H34N2O3/c1-23-8-9-29(20-34-23)32(36)22-35(21-24-6-4-3-5-7-24)31-17-16-26-12-15-28(18-30(26)19-31)25-10-13-27(14-11-25)33(37)38-2/h3-15,18,20,31-32,36H,16-17,19,21-22H2,1-2H3/t31-,32-/m0/s1. The highest BCUT2D eigenvalue weighted by atomic mass is 16.5. The van der Waals surface area contributed by atoms with Gasteiger partial charge < -0.3 is 9.84 Å². The second-order valence-corrected chi connectivity index (χ2v) is 10.1. The van der Waals surface area contributed by atoms with Crippen LogP contribution in [-0.2, 0) is 24.1 Å². The molecule has 2 atom stereocenters. The summed E-state index contributed by atoms with van der Waals surface area (Å²) in [7, 11) is 1.40. The lowest BCUT2D eigenvalue weighted by Gasteiger charge is -2.36. The number of benzene rings is 3. The van der Waals surface area contributed by atoms with Crippen LogP contribution in [-0.4, -0.2) is 40.7 Å². The smallest absolute Gasteiger partial charge is 0.337 e. The Bertz CT molecular complexity index is 1370. The van der Waals surface area contributed by atoms with E-state index >= 15 is 0 Å². The van der Waals surface area contributed by atoms with Crippen LogP contribution in [0.4, 0.5) is 0 Å². The Morgan fingerprint density at radius 3 is 2.47 bits per heavy atom. The fraction of sp³-hybridized carbons (Fsp3) is 0.273. The number of methoxy groups -OCH3 is 1. The van der Waals surface area contributed by atoms with E-state index in [-0.39, 0.29) is 5.97 Å². The van der Waals surface area contributed by atoms with E-state index in [1.807, 2.05) is 49.4 Å². The molecule has 3 aromatic carbocycles. The number of carbonyl (C=O) groups is 1. The molecule has 0 unspecified atom stereocenters. The molecular formula is C33H34N2O3. The van der Waals surface area contributed by atoms with E-state index in [0.29, 0.717) is 18.2 Å². The lowest BCUT2D eigenvalue weighted by Crippen LogP contribution is -2.41. The molecular weight excluding hydrogens is 472 g/mol. The van der Waals surface area contributed by atoms with E-state index in [4.69, 9.17) is 4.74 Å². The van der Waals surface area contributed by atoms with Gasteiger partial charge in [-0.25, -0.2) is 4.79 Å². The third-order valence-corrected chi connectivity index (χ3v) is 7.52. The van der Waals surface area contributed by atoms with Crippen LogP contribution in [0.5, 0.6) is 0 Å². The zero-order chi connectivity index (χ0) is 26.5. The summed E-state index contributed by atoms with van der Waals surface area (Å²) >= 11 is 0. The maximum absolute atomic E-state index is 11.8. The third kappa shape index (κ3) is 6.01. The highest BCUT2D eigenvalue weighted by molar-refractivity contribution is 5.90. The predicted molar refractivity (Wildman–Crippen MR) is 150 cm³/mol. The van der Waals surface area contributed by atoms with Gasteiger partial charge in [0, 0.05) is 36.6 Å². The molecule has 0 fully saturated rings. The van der Waals surface area contributed by atoms with Gasteiger partial charge in [0.15, 0.2) is 0 Å². The monoisotopic (exact) mass is 506 g/mol. The van der Waals surface area contributed by atoms with Gasteiger partial charge in [-0.3, -0.25) is 9.88 Å². The van der Waals surface area contributed by atoms with Crippen molar-refractivity contribution in [2.45, 2.75) is 44.9 Å². The molecule has 0 saturated carbocycles. The lowest BCUT2D eigenvalue weighted by atomic mass is 9.85. The van der Waals surface area contributed by atoms with Gasteiger partial charge in [-0.15, -0.1) is 0 Å². The van der Waals surface area contributed by atoms with Gasteiger partial charge in [-0.2, -0.15) is 0 Å². The average Bonchev–Trinajstić information content (AvgIpc) is 2.96. The van der Waals surface area contributed by atoms with E-state index in [9.17, 15) is 9.90 Å². The zero-order valence-corrected chi connectivity index (χ0v) is 22.0. The summed E-state index contributed by atoms with van der Waals surface area (Å²) in [6.45, 7) is 3.29. The van der Waals surface area contributed by atoms with Gasteiger partial charge in [-0.1, -0.05) is 66.7 Å². The quantitative estimate of drug-likeness (QED) is 0.300. The van der Waals surface area contributed by atoms with Crippen LogP contribution in [0.1, 0.15) is 50.8 Å². The summed E-state index contributed by atoms with van der Waals surface area (Å²) in [5.41, 5.74) is 8.54. The highest BCUT2D eigenvalue weighted by Gasteiger charge is 2.27. The summed E-state index contributed by atoms with van der Waals surface area (Å²) in [4.78, 5) is 18.6. The van der Waals surface area contributed by atoms with Crippen LogP contribution in [0, 0.1) is 6.92 Å². The van der Waals surface area contributed by atoms with Crippen molar-refractivity contribution in [3.63, 3.8) is 0 Å². The van der Waals surface area contributed by atoms with Crippen molar-refractivity contribution in [2.75, 3.05) is 13.7 Å². The van der Waals surface area contributed by atoms with Gasteiger partial charge in [0.05, 0.1) is 18.8 Å². The van der Waals surface area contributed by atoms with E-state index in [1.54, 1.807) is 6.20 Å². The van der Waals surface area contributed by atoms with Gasteiger partial charge >= 0.3 is 5.97 Å². The Hall–Kier alpha value is -3.80. The minimum Gasteiger partial charge on any atom is -0.465 e.